The molecule has 0 saturated heterocycles. The molecule has 0 saturated carbocycles. The van der Waals surface area contributed by atoms with Gasteiger partial charge in [0.1, 0.15) is 11.6 Å². The van der Waals surface area contributed by atoms with Gasteiger partial charge in [0.15, 0.2) is 11.0 Å². The second-order valence-electron chi connectivity index (χ2n) is 6.97. The van der Waals surface area contributed by atoms with Gasteiger partial charge in [-0.1, -0.05) is 42.1 Å². The number of carbonyl (C=O) groups excluding carboxylic acids is 1. The van der Waals surface area contributed by atoms with E-state index >= 15 is 0 Å². The van der Waals surface area contributed by atoms with Gasteiger partial charge in [-0.2, -0.15) is 0 Å². The molecule has 2 N–H and O–H groups in total. The van der Waals surface area contributed by atoms with Crippen molar-refractivity contribution in [3.05, 3.63) is 90.5 Å². The zero-order valence-corrected chi connectivity index (χ0v) is 18.7. The van der Waals surface area contributed by atoms with E-state index in [0.717, 1.165) is 11.4 Å². The largest absolute Gasteiger partial charge is 0.495 e. The maximum Gasteiger partial charge on any atom is 0.234 e. The van der Waals surface area contributed by atoms with E-state index in [1.807, 2.05) is 47.0 Å². The van der Waals surface area contributed by atoms with Crippen molar-refractivity contribution in [2.45, 2.75) is 11.7 Å². The molecule has 0 fully saturated rings. The van der Waals surface area contributed by atoms with Gasteiger partial charge >= 0.3 is 0 Å². The first kappa shape index (κ1) is 22.3. The number of methoxy groups -OCH3 is 1. The summed E-state index contributed by atoms with van der Waals surface area (Å²) < 4.78 is 20.4. The van der Waals surface area contributed by atoms with Crippen LogP contribution in [0.25, 0.3) is 5.69 Å². The lowest BCUT2D eigenvalue weighted by atomic mass is 10.3. The third kappa shape index (κ3) is 5.69. The Bertz CT molecular complexity index is 1220. The summed E-state index contributed by atoms with van der Waals surface area (Å²) in [7, 11) is 1.56. The van der Waals surface area contributed by atoms with Gasteiger partial charge in [0.25, 0.3) is 0 Å². The normalized spacial score (nSPS) is 10.6. The second kappa shape index (κ2) is 10.6. The molecule has 1 aromatic heterocycles. The number of hydrogen-bond donors (Lipinski definition) is 2. The number of benzene rings is 3. The van der Waals surface area contributed by atoms with Gasteiger partial charge in [-0.15, -0.1) is 10.2 Å². The van der Waals surface area contributed by atoms with Crippen LogP contribution in [-0.4, -0.2) is 33.5 Å². The Hall–Kier alpha value is -3.85. The molecule has 1 heterocycles. The first-order chi connectivity index (χ1) is 16.1. The Balaban J connectivity index is 1.49. The van der Waals surface area contributed by atoms with Crippen molar-refractivity contribution in [1.29, 1.82) is 0 Å². The van der Waals surface area contributed by atoms with Crippen molar-refractivity contribution in [1.82, 2.24) is 14.8 Å². The zero-order chi connectivity index (χ0) is 23.0. The van der Waals surface area contributed by atoms with Crippen LogP contribution in [0.3, 0.4) is 0 Å². The number of amides is 1. The Kier molecular flexibility index (Phi) is 7.21. The van der Waals surface area contributed by atoms with E-state index in [1.165, 1.54) is 23.9 Å². The van der Waals surface area contributed by atoms with E-state index < -0.39 is 0 Å². The summed E-state index contributed by atoms with van der Waals surface area (Å²) in [6.45, 7) is 0.376. The topological polar surface area (TPSA) is 81.1 Å². The standard InChI is InChI=1S/C24H22FN5O2S/c1-32-21-10-6-5-9-20(21)27-23(31)16-33-24-29-28-22(30(24)19-7-3-2-4-8-19)15-26-18-13-11-17(25)12-14-18/h2-14,26H,15-16H2,1H3,(H,27,31). The van der Waals surface area contributed by atoms with Crippen LogP contribution in [0.5, 0.6) is 5.75 Å². The molecular formula is C24H22FN5O2S. The first-order valence-electron chi connectivity index (χ1n) is 10.2. The van der Waals surface area contributed by atoms with E-state index in [9.17, 15) is 9.18 Å². The van der Waals surface area contributed by atoms with Gasteiger partial charge in [-0.25, -0.2) is 4.39 Å². The molecule has 0 spiro atoms. The number of aromatic nitrogens is 3. The SMILES string of the molecule is COc1ccccc1NC(=O)CSc1nnc(CNc2ccc(F)cc2)n1-c1ccccc1. The van der Waals surface area contributed by atoms with Crippen molar-refractivity contribution >= 4 is 29.0 Å². The summed E-state index contributed by atoms with van der Waals surface area (Å²) in [5.74, 6) is 0.931. The van der Waals surface area contributed by atoms with Crippen LogP contribution in [0.15, 0.2) is 84.0 Å². The minimum atomic E-state index is -0.293. The molecule has 7 nitrogen and oxygen atoms in total. The molecular weight excluding hydrogens is 441 g/mol. The van der Waals surface area contributed by atoms with Crippen molar-refractivity contribution in [2.24, 2.45) is 0 Å². The lowest BCUT2D eigenvalue weighted by Crippen LogP contribution is -2.15. The maximum atomic E-state index is 13.2. The Labute approximate surface area is 195 Å². The lowest BCUT2D eigenvalue weighted by molar-refractivity contribution is -0.113. The Morgan fingerprint density at radius 2 is 1.73 bits per heavy atom. The first-order valence-corrected chi connectivity index (χ1v) is 11.2. The van der Waals surface area contributed by atoms with E-state index in [4.69, 9.17) is 4.74 Å². The molecule has 1 amide bonds. The number of anilines is 2. The highest BCUT2D eigenvalue weighted by Gasteiger charge is 2.16. The number of ether oxygens (including phenoxy) is 1. The van der Waals surface area contributed by atoms with Crippen molar-refractivity contribution in [3.8, 4) is 11.4 Å². The van der Waals surface area contributed by atoms with Crippen LogP contribution in [0.2, 0.25) is 0 Å². The predicted octanol–water partition coefficient (Wildman–Crippen LogP) is 4.76. The maximum absolute atomic E-state index is 13.2. The van der Waals surface area contributed by atoms with Crippen molar-refractivity contribution in [3.63, 3.8) is 0 Å². The molecule has 4 aromatic rings. The average Bonchev–Trinajstić information content (AvgIpc) is 3.26. The van der Waals surface area contributed by atoms with Crippen LogP contribution >= 0.6 is 11.8 Å². The number of thioether (sulfide) groups is 1. The van der Waals surface area contributed by atoms with Crippen LogP contribution < -0.4 is 15.4 Å². The third-order valence-electron chi connectivity index (χ3n) is 4.72. The summed E-state index contributed by atoms with van der Waals surface area (Å²) in [5.41, 5.74) is 2.26. The highest BCUT2D eigenvalue weighted by Crippen LogP contribution is 2.25. The average molecular weight is 464 g/mol. The number of hydrogen-bond acceptors (Lipinski definition) is 6. The molecule has 0 radical (unpaired) electrons. The van der Waals surface area contributed by atoms with Gasteiger partial charge in [-0.05, 0) is 48.5 Å². The van der Waals surface area contributed by atoms with Gasteiger partial charge < -0.3 is 15.4 Å². The number of halogens is 1. The smallest absolute Gasteiger partial charge is 0.234 e. The molecule has 4 rings (SSSR count). The third-order valence-corrected chi connectivity index (χ3v) is 5.65. The fourth-order valence-corrected chi connectivity index (χ4v) is 3.93. The predicted molar refractivity (Wildman–Crippen MR) is 127 cm³/mol. The molecule has 0 aliphatic carbocycles. The number of carbonyl (C=O) groups is 1. The molecule has 33 heavy (non-hydrogen) atoms. The van der Waals surface area contributed by atoms with Crippen molar-refractivity contribution < 1.29 is 13.9 Å². The van der Waals surface area contributed by atoms with Gasteiger partial charge in [-0.3, -0.25) is 9.36 Å². The summed E-state index contributed by atoms with van der Waals surface area (Å²) in [6, 6.07) is 23.0. The summed E-state index contributed by atoms with van der Waals surface area (Å²) in [5, 5.41) is 15.3. The van der Waals surface area contributed by atoms with E-state index in [-0.39, 0.29) is 17.5 Å². The molecule has 168 valence electrons. The second-order valence-corrected chi connectivity index (χ2v) is 7.91. The van der Waals surface area contributed by atoms with Crippen LogP contribution in [0.4, 0.5) is 15.8 Å². The summed E-state index contributed by atoms with van der Waals surface area (Å²) in [4.78, 5) is 12.6. The van der Waals surface area contributed by atoms with E-state index in [0.29, 0.717) is 29.0 Å². The molecule has 0 bridgehead atoms. The molecule has 9 heteroatoms. The van der Waals surface area contributed by atoms with Gasteiger partial charge in [0, 0.05) is 11.4 Å². The van der Waals surface area contributed by atoms with Gasteiger partial charge in [0.2, 0.25) is 5.91 Å². The lowest BCUT2D eigenvalue weighted by Gasteiger charge is -2.12. The zero-order valence-electron chi connectivity index (χ0n) is 17.9. The molecule has 0 aliphatic heterocycles. The van der Waals surface area contributed by atoms with Crippen LogP contribution in [-0.2, 0) is 11.3 Å². The van der Waals surface area contributed by atoms with Gasteiger partial charge in [0.05, 0.1) is 25.1 Å². The monoisotopic (exact) mass is 463 g/mol. The summed E-state index contributed by atoms with van der Waals surface area (Å²) in [6.07, 6.45) is 0. The highest BCUT2D eigenvalue weighted by molar-refractivity contribution is 7.99. The minimum Gasteiger partial charge on any atom is -0.495 e. The number of para-hydroxylation sites is 3. The summed E-state index contributed by atoms with van der Waals surface area (Å²) >= 11 is 1.29. The number of nitrogens with zero attached hydrogens (tertiary/aromatic N) is 3. The Morgan fingerprint density at radius 3 is 2.48 bits per heavy atom. The van der Waals surface area contributed by atoms with E-state index in [1.54, 1.807) is 31.4 Å². The van der Waals surface area contributed by atoms with E-state index in [2.05, 4.69) is 20.8 Å². The minimum absolute atomic E-state index is 0.147. The van der Waals surface area contributed by atoms with Crippen LogP contribution in [0.1, 0.15) is 5.82 Å². The molecule has 0 unspecified atom stereocenters. The van der Waals surface area contributed by atoms with Crippen molar-refractivity contribution in [2.75, 3.05) is 23.5 Å². The number of nitrogens with one attached hydrogen (secondary N) is 2. The highest BCUT2D eigenvalue weighted by atomic mass is 32.2. The number of rotatable bonds is 9. The Morgan fingerprint density at radius 1 is 1.00 bits per heavy atom. The molecule has 3 aromatic carbocycles. The molecule has 0 atom stereocenters. The fraction of sp³-hybridized carbons (Fsp3) is 0.125. The quantitative estimate of drug-likeness (QED) is 0.349. The van der Waals surface area contributed by atoms with Crippen LogP contribution in [0, 0.1) is 5.82 Å². The fourth-order valence-electron chi connectivity index (χ4n) is 3.16. The molecule has 0 aliphatic rings.